The van der Waals surface area contributed by atoms with E-state index in [1.54, 1.807) is 23.1 Å². The van der Waals surface area contributed by atoms with Gasteiger partial charge in [-0.15, -0.1) is 23.1 Å². The third-order valence-corrected chi connectivity index (χ3v) is 5.39. The van der Waals surface area contributed by atoms with Gasteiger partial charge in [0.2, 0.25) is 0 Å². The molecule has 0 bridgehead atoms. The molecule has 2 N–H and O–H groups in total. The summed E-state index contributed by atoms with van der Waals surface area (Å²) in [6.45, 7) is 8.54. The van der Waals surface area contributed by atoms with Crippen LogP contribution in [-0.2, 0) is 19.5 Å². The van der Waals surface area contributed by atoms with Crippen molar-refractivity contribution in [2.24, 2.45) is 4.99 Å². The molecule has 2 rings (SSSR count). The van der Waals surface area contributed by atoms with Crippen molar-refractivity contribution in [1.29, 1.82) is 0 Å². The molecule has 2 aromatic rings. The second kappa shape index (κ2) is 9.69. The summed E-state index contributed by atoms with van der Waals surface area (Å²) in [5.41, 5.74) is 3.61. The lowest BCUT2D eigenvalue weighted by Crippen LogP contribution is -2.36. The Bertz CT molecular complexity index is 679. The van der Waals surface area contributed by atoms with Crippen molar-refractivity contribution in [2.45, 2.75) is 45.2 Å². The van der Waals surface area contributed by atoms with E-state index in [-0.39, 0.29) is 0 Å². The van der Waals surface area contributed by atoms with Crippen molar-refractivity contribution in [3.63, 3.8) is 0 Å². The maximum absolute atomic E-state index is 4.72. The molecule has 0 saturated heterocycles. The SMILES string of the molecule is CCNC(=NCc1ccc(C)cc1SC)NCc1csc(CC)n1. The maximum atomic E-state index is 4.72. The van der Waals surface area contributed by atoms with Gasteiger partial charge in [-0.05, 0) is 43.7 Å². The minimum atomic E-state index is 0.670. The highest BCUT2D eigenvalue weighted by molar-refractivity contribution is 7.98. The topological polar surface area (TPSA) is 49.3 Å². The van der Waals surface area contributed by atoms with Gasteiger partial charge < -0.3 is 10.6 Å². The molecule has 130 valence electrons. The van der Waals surface area contributed by atoms with Crippen molar-refractivity contribution in [2.75, 3.05) is 12.8 Å². The van der Waals surface area contributed by atoms with E-state index in [0.717, 1.165) is 24.6 Å². The summed E-state index contributed by atoms with van der Waals surface area (Å²) in [5, 5.41) is 9.96. The van der Waals surface area contributed by atoms with Crippen LogP contribution in [0.15, 0.2) is 33.5 Å². The van der Waals surface area contributed by atoms with Crippen LogP contribution in [0.25, 0.3) is 0 Å². The number of hydrogen-bond donors (Lipinski definition) is 2. The maximum Gasteiger partial charge on any atom is 0.191 e. The molecular formula is C18H26N4S2. The molecule has 0 fully saturated rings. The zero-order valence-corrected chi connectivity index (χ0v) is 16.5. The molecule has 1 heterocycles. The Kier molecular flexibility index (Phi) is 7.59. The third-order valence-electron chi connectivity index (χ3n) is 3.53. The first-order valence-corrected chi connectivity index (χ1v) is 10.4. The minimum Gasteiger partial charge on any atom is -0.357 e. The number of hydrogen-bond acceptors (Lipinski definition) is 4. The predicted octanol–water partition coefficient (Wildman–Crippen LogP) is 3.99. The molecule has 0 aliphatic rings. The number of guanidine groups is 1. The lowest BCUT2D eigenvalue weighted by Gasteiger charge is -2.11. The second-order valence-corrected chi connectivity index (χ2v) is 7.24. The van der Waals surface area contributed by atoms with Gasteiger partial charge >= 0.3 is 0 Å². The quantitative estimate of drug-likeness (QED) is 0.444. The van der Waals surface area contributed by atoms with Gasteiger partial charge in [0.05, 0.1) is 23.8 Å². The van der Waals surface area contributed by atoms with E-state index < -0.39 is 0 Å². The van der Waals surface area contributed by atoms with E-state index in [2.05, 4.69) is 66.2 Å². The van der Waals surface area contributed by atoms with Gasteiger partial charge in [-0.3, -0.25) is 0 Å². The molecule has 0 unspecified atom stereocenters. The Morgan fingerprint density at radius 3 is 2.79 bits per heavy atom. The van der Waals surface area contributed by atoms with Crippen LogP contribution in [0.2, 0.25) is 0 Å². The van der Waals surface area contributed by atoms with Crippen LogP contribution in [0.4, 0.5) is 0 Å². The van der Waals surface area contributed by atoms with Crippen molar-refractivity contribution in [1.82, 2.24) is 15.6 Å². The highest BCUT2D eigenvalue weighted by Gasteiger charge is 2.04. The lowest BCUT2D eigenvalue weighted by atomic mass is 10.1. The van der Waals surface area contributed by atoms with Crippen LogP contribution in [0.5, 0.6) is 0 Å². The zero-order chi connectivity index (χ0) is 17.4. The molecule has 0 saturated carbocycles. The zero-order valence-electron chi connectivity index (χ0n) is 14.8. The number of thioether (sulfide) groups is 1. The first-order valence-electron chi connectivity index (χ1n) is 8.25. The summed E-state index contributed by atoms with van der Waals surface area (Å²) >= 11 is 3.49. The minimum absolute atomic E-state index is 0.670. The van der Waals surface area contributed by atoms with Gasteiger partial charge in [0.25, 0.3) is 0 Å². The van der Waals surface area contributed by atoms with Crippen LogP contribution in [0, 0.1) is 6.92 Å². The number of thiazole rings is 1. The Morgan fingerprint density at radius 1 is 1.29 bits per heavy atom. The molecule has 4 nitrogen and oxygen atoms in total. The fourth-order valence-corrected chi connectivity index (χ4v) is 3.70. The number of nitrogens with one attached hydrogen (secondary N) is 2. The first kappa shape index (κ1) is 18.8. The summed E-state index contributed by atoms with van der Waals surface area (Å²) in [5.74, 6) is 0.830. The second-order valence-electron chi connectivity index (χ2n) is 5.45. The summed E-state index contributed by atoms with van der Waals surface area (Å²) < 4.78 is 0. The Labute approximate surface area is 153 Å². The molecular weight excluding hydrogens is 336 g/mol. The molecule has 0 spiro atoms. The summed E-state index contributed by atoms with van der Waals surface area (Å²) in [4.78, 5) is 10.6. The fraction of sp³-hybridized carbons (Fsp3) is 0.444. The average Bonchev–Trinajstić information content (AvgIpc) is 3.06. The predicted molar refractivity (Wildman–Crippen MR) is 106 cm³/mol. The number of nitrogens with zero attached hydrogens (tertiary/aromatic N) is 2. The highest BCUT2D eigenvalue weighted by atomic mass is 32.2. The van der Waals surface area contributed by atoms with Crippen LogP contribution in [0.1, 0.15) is 35.7 Å². The van der Waals surface area contributed by atoms with E-state index in [0.29, 0.717) is 13.1 Å². The van der Waals surface area contributed by atoms with Gasteiger partial charge in [-0.25, -0.2) is 9.98 Å². The molecule has 24 heavy (non-hydrogen) atoms. The molecule has 0 amide bonds. The number of aryl methyl sites for hydroxylation is 2. The summed E-state index contributed by atoms with van der Waals surface area (Å²) in [6, 6.07) is 6.53. The number of benzene rings is 1. The molecule has 0 aliphatic heterocycles. The Balaban J connectivity index is 2.02. The largest absolute Gasteiger partial charge is 0.357 e. The van der Waals surface area contributed by atoms with Crippen LogP contribution in [0.3, 0.4) is 0 Å². The standard InChI is InChI=1S/C18H26N4S2/c1-5-17-22-15(12-24-17)11-21-18(19-6-2)20-10-14-8-7-13(3)9-16(14)23-4/h7-9,12H,5-6,10-11H2,1-4H3,(H2,19,20,21). The van der Waals surface area contributed by atoms with Gasteiger partial charge in [0, 0.05) is 16.8 Å². The molecule has 0 atom stereocenters. The van der Waals surface area contributed by atoms with Crippen molar-refractivity contribution >= 4 is 29.1 Å². The van der Waals surface area contributed by atoms with Gasteiger partial charge in [-0.2, -0.15) is 0 Å². The first-order chi connectivity index (χ1) is 11.7. The van der Waals surface area contributed by atoms with Crippen molar-refractivity contribution < 1.29 is 0 Å². The molecule has 0 aliphatic carbocycles. The molecule has 1 aromatic heterocycles. The third kappa shape index (κ3) is 5.53. The monoisotopic (exact) mass is 362 g/mol. The van der Waals surface area contributed by atoms with Crippen LogP contribution < -0.4 is 10.6 Å². The Hall–Kier alpha value is -1.53. The van der Waals surface area contributed by atoms with Crippen molar-refractivity contribution in [3.8, 4) is 0 Å². The van der Waals surface area contributed by atoms with E-state index in [1.807, 2.05) is 0 Å². The highest BCUT2D eigenvalue weighted by Crippen LogP contribution is 2.22. The molecule has 1 aromatic carbocycles. The summed E-state index contributed by atoms with van der Waals surface area (Å²) in [7, 11) is 0. The normalized spacial score (nSPS) is 11.6. The number of rotatable bonds is 7. The molecule has 6 heteroatoms. The smallest absolute Gasteiger partial charge is 0.191 e. The van der Waals surface area contributed by atoms with Gasteiger partial charge in [-0.1, -0.05) is 19.1 Å². The van der Waals surface area contributed by atoms with Crippen LogP contribution >= 0.6 is 23.1 Å². The van der Waals surface area contributed by atoms with Crippen LogP contribution in [-0.4, -0.2) is 23.7 Å². The van der Waals surface area contributed by atoms with E-state index in [9.17, 15) is 0 Å². The van der Waals surface area contributed by atoms with E-state index >= 15 is 0 Å². The number of aromatic nitrogens is 1. The number of aliphatic imine (C=N–C) groups is 1. The van der Waals surface area contributed by atoms with E-state index in [1.165, 1.54) is 21.0 Å². The van der Waals surface area contributed by atoms with Crippen molar-refractivity contribution in [3.05, 3.63) is 45.4 Å². The average molecular weight is 363 g/mol. The van der Waals surface area contributed by atoms with Gasteiger partial charge in [0.1, 0.15) is 0 Å². The summed E-state index contributed by atoms with van der Waals surface area (Å²) in [6.07, 6.45) is 3.10. The van der Waals surface area contributed by atoms with E-state index in [4.69, 9.17) is 4.99 Å². The van der Waals surface area contributed by atoms with Gasteiger partial charge in [0.15, 0.2) is 5.96 Å². The Morgan fingerprint density at radius 2 is 2.12 bits per heavy atom. The molecule has 0 radical (unpaired) electrons. The fourth-order valence-electron chi connectivity index (χ4n) is 2.26. The lowest BCUT2D eigenvalue weighted by molar-refractivity contribution is 0.798.